The third-order valence-electron chi connectivity index (χ3n) is 8.43. The third kappa shape index (κ3) is 7.63. The Balaban J connectivity index is 1.20. The maximum Gasteiger partial charge on any atom is 0.416 e. The summed E-state index contributed by atoms with van der Waals surface area (Å²) in [5.41, 5.74) is 1.55. The van der Waals surface area contributed by atoms with Gasteiger partial charge in [0.05, 0.1) is 28.4 Å². The van der Waals surface area contributed by atoms with Crippen molar-refractivity contribution in [3.63, 3.8) is 0 Å². The summed E-state index contributed by atoms with van der Waals surface area (Å²) in [6.45, 7) is 3.44. The van der Waals surface area contributed by atoms with Gasteiger partial charge in [0.2, 0.25) is 21.9 Å². The molecule has 1 amide bonds. The predicted molar refractivity (Wildman–Crippen MR) is 169 cm³/mol. The van der Waals surface area contributed by atoms with E-state index in [-0.39, 0.29) is 18.0 Å². The van der Waals surface area contributed by atoms with Gasteiger partial charge in [-0.2, -0.15) is 17.5 Å². The average Bonchev–Trinajstić information content (AvgIpc) is 3.59. The summed E-state index contributed by atoms with van der Waals surface area (Å²) in [5, 5.41) is 2.80. The molecule has 0 bridgehead atoms. The van der Waals surface area contributed by atoms with Crippen LogP contribution in [-0.4, -0.2) is 77.2 Å². The van der Waals surface area contributed by atoms with Crippen LogP contribution >= 0.6 is 0 Å². The first-order valence-corrected chi connectivity index (χ1v) is 16.9. The van der Waals surface area contributed by atoms with E-state index in [1.807, 2.05) is 23.2 Å². The average molecular weight is 684 g/mol. The van der Waals surface area contributed by atoms with Gasteiger partial charge in [0, 0.05) is 57.2 Å². The van der Waals surface area contributed by atoms with Crippen LogP contribution in [0.1, 0.15) is 29.7 Å². The lowest BCUT2D eigenvalue weighted by Crippen LogP contribution is -2.47. The Bertz CT molecular complexity index is 1840. The van der Waals surface area contributed by atoms with Gasteiger partial charge in [-0.15, -0.1) is 0 Å². The minimum Gasteiger partial charge on any atom is -0.349 e. The van der Waals surface area contributed by atoms with Crippen LogP contribution in [0.2, 0.25) is 0 Å². The molecule has 4 heterocycles. The third-order valence-corrected chi connectivity index (χ3v) is 10.4. The van der Waals surface area contributed by atoms with Gasteiger partial charge in [-0.1, -0.05) is 18.2 Å². The van der Waals surface area contributed by atoms with Crippen LogP contribution in [0.25, 0.3) is 11.3 Å². The number of hydrogen-bond acceptors (Lipinski definition) is 8. The summed E-state index contributed by atoms with van der Waals surface area (Å²) in [5.74, 6) is -0.714. The first kappa shape index (κ1) is 33.4. The first-order valence-electron chi connectivity index (χ1n) is 15.4. The van der Waals surface area contributed by atoms with Crippen LogP contribution in [0.4, 0.5) is 23.5 Å². The predicted octanol–water partition coefficient (Wildman–Crippen LogP) is 4.49. The molecule has 2 aromatic carbocycles. The van der Waals surface area contributed by atoms with Crippen LogP contribution in [0, 0.1) is 5.82 Å². The quantitative estimate of drug-likeness (QED) is 0.257. The van der Waals surface area contributed by atoms with Crippen molar-refractivity contribution in [1.82, 2.24) is 29.5 Å². The highest BCUT2D eigenvalue weighted by Gasteiger charge is 2.39. The summed E-state index contributed by atoms with van der Waals surface area (Å²) in [7, 11) is -4.05. The number of carbonyl (C=O) groups is 1. The van der Waals surface area contributed by atoms with Crippen LogP contribution in [-0.2, 0) is 34.1 Å². The van der Waals surface area contributed by atoms with Crippen LogP contribution < -0.4 is 10.2 Å². The van der Waals surface area contributed by atoms with E-state index in [1.165, 1.54) is 24.3 Å². The molecule has 2 aliphatic heterocycles. The highest BCUT2D eigenvalue weighted by Crippen LogP contribution is 2.31. The van der Waals surface area contributed by atoms with Gasteiger partial charge >= 0.3 is 6.18 Å². The molecule has 252 valence electrons. The van der Waals surface area contributed by atoms with E-state index in [9.17, 15) is 30.8 Å². The second kappa shape index (κ2) is 13.9. The van der Waals surface area contributed by atoms with Crippen molar-refractivity contribution >= 4 is 21.9 Å². The number of anilines is 1. The summed E-state index contributed by atoms with van der Waals surface area (Å²) in [4.78, 5) is 31.1. The number of nitrogens with zero attached hydrogens (tertiary/aromatic N) is 6. The Kier molecular flexibility index (Phi) is 9.71. The monoisotopic (exact) mass is 683 g/mol. The van der Waals surface area contributed by atoms with E-state index in [4.69, 9.17) is 9.97 Å². The lowest BCUT2D eigenvalue weighted by molar-refractivity contribution is -0.137. The number of benzene rings is 2. The summed E-state index contributed by atoms with van der Waals surface area (Å²) in [6.07, 6.45) is -0.157. The van der Waals surface area contributed by atoms with Crippen LogP contribution in [0.15, 0.2) is 84.0 Å². The van der Waals surface area contributed by atoms with E-state index in [0.29, 0.717) is 48.8 Å². The van der Waals surface area contributed by atoms with Crippen LogP contribution in [0.3, 0.4) is 0 Å². The Labute approximate surface area is 275 Å². The second-order valence-electron chi connectivity index (χ2n) is 11.7. The topological polar surface area (TPSA) is 112 Å². The van der Waals surface area contributed by atoms with Gasteiger partial charge in [-0.3, -0.25) is 14.7 Å². The molecule has 4 aromatic rings. The van der Waals surface area contributed by atoms with Crippen molar-refractivity contribution in [2.24, 2.45) is 0 Å². The van der Waals surface area contributed by atoms with E-state index in [2.05, 4.69) is 15.2 Å². The van der Waals surface area contributed by atoms with Crippen molar-refractivity contribution < 1.29 is 30.8 Å². The molecule has 6 rings (SSSR count). The number of carbonyl (C=O) groups excluding carboxylic acids is 1. The molecule has 48 heavy (non-hydrogen) atoms. The number of amides is 1. The van der Waals surface area contributed by atoms with Gasteiger partial charge in [0.1, 0.15) is 11.9 Å². The van der Waals surface area contributed by atoms with Gasteiger partial charge in [-0.25, -0.2) is 22.8 Å². The SMILES string of the molecule is O=C(NCc1cc(-c2ccc(C(F)(F)F)cc2)nc(N2CCN(Cc3cccnc3)CC2)n1)C1CCCN1S(=O)(=O)c1ccc(F)cc1. The second-order valence-corrected chi connectivity index (χ2v) is 13.6. The highest BCUT2D eigenvalue weighted by atomic mass is 32.2. The molecule has 0 saturated carbocycles. The molecule has 0 spiro atoms. The molecule has 0 aliphatic carbocycles. The molecule has 2 saturated heterocycles. The summed E-state index contributed by atoms with van der Waals surface area (Å²) >= 11 is 0. The fourth-order valence-corrected chi connectivity index (χ4v) is 7.53. The number of rotatable bonds is 9. The minimum atomic E-state index is -4.49. The zero-order chi connectivity index (χ0) is 33.9. The lowest BCUT2D eigenvalue weighted by atomic mass is 10.1. The fourth-order valence-electron chi connectivity index (χ4n) is 5.88. The van der Waals surface area contributed by atoms with Crippen molar-refractivity contribution in [3.05, 3.63) is 102 Å². The molecule has 1 N–H and O–H groups in total. The number of sulfonamides is 1. The Morgan fingerprint density at radius 3 is 2.33 bits per heavy atom. The number of alkyl halides is 3. The molecule has 2 aromatic heterocycles. The first-order chi connectivity index (χ1) is 23.0. The van der Waals surface area contributed by atoms with Crippen molar-refractivity contribution in [2.75, 3.05) is 37.6 Å². The minimum absolute atomic E-state index is 0.0656. The molecular weight excluding hydrogens is 650 g/mol. The molecule has 1 atom stereocenters. The van der Waals surface area contributed by atoms with Crippen molar-refractivity contribution in [1.29, 1.82) is 0 Å². The molecule has 1 unspecified atom stereocenters. The number of nitrogens with one attached hydrogen (secondary N) is 1. The smallest absolute Gasteiger partial charge is 0.349 e. The molecular formula is C33H33F4N7O3S. The van der Waals surface area contributed by atoms with Crippen LogP contribution in [0.5, 0.6) is 0 Å². The molecule has 10 nitrogen and oxygen atoms in total. The molecule has 0 radical (unpaired) electrons. The highest BCUT2D eigenvalue weighted by molar-refractivity contribution is 7.89. The van der Waals surface area contributed by atoms with E-state index >= 15 is 0 Å². The van der Waals surface area contributed by atoms with Gasteiger partial charge in [0.25, 0.3) is 0 Å². The summed E-state index contributed by atoms with van der Waals surface area (Å²) in [6, 6.07) is 13.7. The Morgan fingerprint density at radius 1 is 0.938 bits per heavy atom. The zero-order valence-electron chi connectivity index (χ0n) is 25.8. The van der Waals surface area contributed by atoms with Gasteiger partial charge < -0.3 is 10.2 Å². The number of piperazine rings is 1. The van der Waals surface area contributed by atoms with E-state index in [1.54, 1.807) is 12.3 Å². The molecule has 2 fully saturated rings. The van der Waals surface area contributed by atoms with E-state index in [0.717, 1.165) is 53.8 Å². The maximum absolute atomic E-state index is 13.4. The van der Waals surface area contributed by atoms with Gasteiger partial charge in [-0.05, 0) is 66.9 Å². The number of halogens is 4. The fraction of sp³-hybridized carbons (Fsp3) is 0.333. The van der Waals surface area contributed by atoms with E-state index < -0.39 is 39.5 Å². The van der Waals surface area contributed by atoms with Gasteiger partial charge in [0.15, 0.2) is 0 Å². The Morgan fingerprint density at radius 2 is 1.67 bits per heavy atom. The lowest BCUT2D eigenvalue weighted by Gasteiger charge is -2.35. The van der Waals surface area contributed by atoms with Crippen molar-refractivity contribution in [2.45, 2.75) is 43.0 Å². The summed E-state index contributed by atoms with van der Waals surface area (Å²) < 4.78 is 80.9. The molecule has 2 aliphatic rings. The molecule has 15 heteroatoms. The standard InChI is InChI=1S/C33H33F4N7O3S/c34-26-9-11-28(12-10-26)48(46,47)44-14-2-4-30(44)31(45)39-21-27-19-29(24-5-7-25(8-6-24)33(35,36)37)41-32(40-27)43-17-15-42(16-18-43)22-23-3-1-13-38-20-23/h1,3,5-13,19-20,30H,2,4,14-18,21-22H2,(H,39,45). The van der Waals surface area contributed by atoms with Crippen molar-refractivity contribution in [3.8, 4) is 11.3 Å². The maximum atomic E-state index is 13.4. The number of pyridine rings is 1. The number of hydrogen-bond donors (Lipinski definition) is 1. The largest absolute Gasteiger partial charge is 0.416 e. The zero-order valence-corrected chi connectivity index (χ0v) is 26.6. The normalized spacial score (nSPS) is 17.8. The number of aromatic nitrogens is 3. The Hall–Kier alpha value is -4.47.